The van der Waals surface area contributed by atoms with Crippen LogP contribution in [0.25, 0.3) is 0 Å². The molecule has 0 radical (unpaired) electrons. The molecule has 1 saturated heterocycles. The van der Waals surface area contributed by atoms with Crippen molar-refractivity contribution in [3.05, 3.63) is 22.4 Å². The number of nitrogens with one attached hydrogen (secondary N) is 1. The highest BCUT2D eigenvalue weighted by Crippen LogP contribution is 2.23. The molecule has 0 bridgehead atoms. The molecule has 1 aromatic heterocycles. The van der Waals surface area contributed by atoms with E-state index in [-0.39, 0.29) is 36.8 Å². The Labute approximate surface area is 174 Å². The molecule has 1 saturated carbocycles. The standard InChI is InChI=1S/C20H27N3O5S/c24-17(14-28-18(25)13-21-19(26)15-5-2-1-3-6-15)22-8-10-23(11-9-22)20(27)16-7-4-12-29-16/h4,7,12,15H,1-3,5-6,8-11,13-14H2,(H,21,26). The first-order chi connectivity index (χ1) is 14.0. The van der Waals surface area contributed by atoms with Crippen LogP contribution in [-0.2, 0) is 19.1 Å². The Morgan fingerprint density at radius 1 is 1.03 bits per heavy atom. The Morgan fingerprint density at radius 3 is 2.38 bits per heavy atom. The maximum Gasteiger partial charge on any atom is 0.325 e. The molecule has 2 heterocycles. The summed E-state index contributed by atoms with van der Waals surface area (Å²) in [7, 11) is 0. The fraction of sp³-hybridized carbons (Fsp3) is 0.600. The van der Waals surface area contributed by atoms with Gasteiger partial charge in [0.1, 0.15) is 6.54 Å². The quantitative estimate of drug-likeness (QED) is 0.698. The Balaban J connectivity index is 1.33. The van der Waals surface area contributed by atoms with Gasteiger partial charge in [0.2, 0.25) is 5.91 Å². The molecule has 3 amide bonds. The number of ether oxygens (including phenoxy) is 1. The van der Waals surface area contributed by atoms with E-state index in [0.717, 1.165) is 32.1 Å². The molecule has 0 atom stereocenters. The van der Waals surface area contributed by atoms with Crippen LogP contribution in [0, 0.1) is 5.92 Å². The Hall–Kier alpha value is -2.42. The van der Waals surface area contributed by atoms with Crippen molar-refractivity contribution in [2.45, 2.75) is 32.1 Å². The maximum atomic E-state index is 12.3. The highest BCUT2D eigenvalue weighted by Gasteiger charge is 2.26. The molecule has 1 N–H and O–H groups in total. The number of nitrogens with zero attached hydrogens (tertiary/aromatic N) is 2. The van der Waals surface area contributed by atoms with E-state index in [1.807, 2.05) is 11.4 Å². The number of hydrogen-bond acceptors (Lipinski definition) is 6. The Kier molecular flexibility index (Phi) is 7.62. The minimum Gasteiger partial charge on any atom is -0.454 e. The summed E-state index contributed by atoms with van der Waals surface area (Å²) < 4.78 is 5.00. The highest BCUT2D eigenvalue weighted by atomic mass is 32.1. The first-order valence-corrected chi connectivity index (χ1v) is 11.0. The van der Waals surface area contributed by atoms with Gasteiger partial charge in [-0.1, -0.05) is 25.3 Å². The van der Waals surface area contributed by atoms with E-state index in [1.165, 1.54) is 11.3 Å². The lowest BCUT2D eigenvalue weighted by Crippen LogP contribution is -2.51. The number of amides is 3. The number of carbonyl (C=O) groups is 4. The maximum absolute atomic E-state index is 12.3. The van der Waals surface area contributed by atoms with E-state index in [2.05, 4.69) is 5.32 Å². The second kappa shape index (κ2) is 10.4. The number of rotatable bonds is 6. The van der Waals surface area contributed by atoms with Crippen LogP contribution in [0.4, 0.5) is 0 Å². The highest BCUT2D eigenvalue weighted by molar-refractivity contribution is 7.12. The second-order valence-electron chi connectivity index (χ2n) is 7.36. The van der Waals surface area contributed by atoms with Crippen molar-refractivity contribution in [3.63, 3.8) is 0 Å². The van der Waals surface area contributed by atoms with E-state index in [0.29, 0.717) is 31.1 Å². The van der Waals surface area contributed by atoms with Crippen LogP contribution in [0.3, 0.4) is 0 Å². The van der Waals surface area contributed by atoms with Crippen LogP contribution in [0.2, 0.25) is 0 Å². The summed E-state index contributed by atoms with van der Waals surface area (Å²) in [6.45, 7) is 1.16. The van der Waals surface area contributed by atoms with E-state index in [1.54, 1.807) is 15.9 Å². The molecule has 9 heteroatoms. The van der Waals surface area contributed by atoms with Crippen molar-refractivity contribution in [2.24, 2.45) is 5.92 Å². The van der Waals surface area contributed by atoms with Crippen molar-refractivity contribution in [1.82, 2.24) is 15.1 Å². The molecule has 29 heavy (non-hydrogen) atoms. The average molecular weight is 422 g/mol. The molecule has 2 fully saturated rings. The molecule has 1 aromatic rings. The van der Waals surface area contributed by atoms with Crippen LogP contribution in [0.5, 0.6) is 0 Å². The summed E-state index contributed by atoms with van der Waals surface area (Å²) in [5, 5.41) is 4.47. The van der Waals surface area contributed by atoms with E-state index < -0.39 is 5.97 Å². The predicted octanol–water partition coefficient (Wildman–Crippen LogP) is 1.27. The molecular weight excluding hydrogens is 394 g/mol. The van der Waals surface area contributed by atoms with Gasteiger partial charge in [0.25, 0.3) is 11.8 Å². The molecule has 1 aliphatic heterocycles. The minimum absolute atomic E-state index is 0.0211. The van der Waals surface area contributed by atoms with Gasteiger partial charge in [-0.15, -0.1) is 11.3 Å². The number of thiophene rings is 1. The van der Waals surface area contributed by atoms with Crippen LogP contribution < -0.4 is 5.32 Å². The SMILES string of the molecule is O=C(CNC(=O)C1CCCCC1)OCC(=O)N1CCN(C(=O)c2cccs2)CC1. The van der Waals surface area contributed by atoms with Crippen molar-refractivity contribution in [2.75, 3.05) is 39.3 Å². The Morgan fingerprint density at radius 2 is 1.72 bits per heavy atom. The van der Waals surface area contributed by atoms with Gasteiger partial charge in [0.05, 0.1) is 4.88 Å². The van der Waals surface area contributed by atoms with Gasteiger partial charge in [0.15, 0.2) is 6.61 Å². The molecule has 3 rings (SSSR count). The smallest absolute Gasteiger partial charge is 0.325 e. The predicted molar refractivity (Wildman–Crippen MR) is 107 cm³/mol. The summed E-state index contributed by atoms with van der Waals surface area (Å²) in [5.74, 6) is -1.06. The molecule has 0 spiro atoms. The summed E-state index contributed by atoms with van der Waals surface area (Å²) in [6, 6.07) is 3.63. The largest absolute Gasteiger partial charge is 0.454 e. The molecule has 0 unspecified atom stereocenters. The summed E-state index contributed by atoms with van der Waals surface area (Å²) >= 11 is 1.40. The van der Waals surface area contributed by atoms with Crippen molar-refractivity contribution >= 4 is 35.0 Å². The number of esters is 1. The van der Waals surface area contributed by atoms with Gasteiger partial charge in [-0.25, -0.2) is 0 Å². The first-order valence-electron chi connectivity index (χ1n) is 10.1. The van der Waals surface area contributed by atoms with Crippen LogP contribution in [0.15, 0.2) is 17.5 Å². The molecule has 2 aliphatic rings. The monoisotopic (exact) mass is 421 g/mol. The van der Waals surface area contributed by atoms with Gasteiger partial charge in [-0.3, -0.25) is 19.2 Å². The third-order valence-electron chi connectivity index (χ3n) is 5.39. The van der Waals surface area contributed by atoms with Gasteiger partial charge in [-0.05, 0) is 24.3 Å². The summed E-state index contributed by atoms with van der Waals surface area (Å²) in [6.07, 6.45) is 4.97. The molecule has 0 aromatic carbocycles. The summed E-state index contributed by atoms with van der Waals surface area (Å²) in [4.78, 5) is 52.4. The van der Waals surface area contributed by atoms with Crippen molar-refractivity contribution in [1.29, 1.82) is 0 Å². The number of hydrogen-bond donors (Lipinski definition) is 1. The summed E-state index contributed by atoms with van der Waals surface area (Å²) in [5.41, 5.74) is 0. The fourth-order valence-electron chi connectivity index (χ4n) is 3.67. The minimum atomic E-state index is -0.617. The van der Waals surface area contributed by atoms with Gasteiger partial charge < -0.3 is 19.9 Å². The lowest BCUT2D eigenvalue weighted by molar-refractivity contribution is -0.152. The van der Waals surface area contributed by atoms with Crippen molar-refractivity contribution < 1.29 is 23.9 Å². The lowest BCUT2D eigenvalue weighted by atomic mass is 9.89. The zero-order valence-electron chi connectivity index (χ0n) is 16.4. The lowest BCUT2D eigenvalue weighted by Gasteiger charge is -2.34. The second-order valence-corrected chi connectivity index (χ2v) is 8.31. The third kappa shape index (κ3) is 6.03. The van der Waals surface area contributed by atoms with Gasteiger partial charge in [0, 0.05) is 32.1 Å². The zero-order valence-corrected chi connectivity index (χ0v) is 17.2. The molecule has 1 aliphatic carbocycles. The Bertz CT molecular complexity index is 722. The van der Waals surface area contributed by atoms with E-state index >= 15 is 0 Å². The van der Waals surface area contributed by atoms with Crippen molar-refractivity contribution in [3.8, 4) is 0 Å². The topological polar surface area (TPSA) is 96.0 Å². The average Bonchev–Trinajstić information content (AvgIpc) is 3.31. The first kappa shape index (κ1) is 21.3. The zero-order chi connectivity index (χ0) is 20.6. The van der Waals surface area contributed by atoms with Gasteiger partial charge in [-0.2, -0.15) is 0 Å². The molecule has 158 valence electrons. The number of carbonyl (C=O) groups excluding carboxylic acids is 4. The normalized spacial score (nSPS) is 17.7. The van der Waals surface area contributed by atoms with E-state index in [4.69, 9.17) is 4.74 Å². The van der Waals surface area contributed by atoms with E-state index in [9.17, 15) is 19.2 Å². The fourth-order valence-corrected chi connectivity index (χ4v) is 4.36. The third-order valence-corrected chi connectivity index (χ3v) is 6.25. The molecule has 8 nitrogen and oxygen atoms in total. The van der Waals surface area contributed by atoms with Crippen LogP contribution in [-0.4, -0.2) is 72.8 Å². The van der Waals surface area contributed by atoms with Crippen LogP contribution >= 0.6 is 11.3 Å². The van der Waals surface area contributed by atoms with Gasteiger partial charge >= 0.3 is 5.97 Å². The van der Waals surface area contributed by atoms with Crippen LogP contribution in [0.1, 0.15) is 41.8 Å². The molecular formula is C20H27N3O5S. The number of piperazine rings is 1.